The molecule has 5 nitrogen and oxygen atoms in total. The molecule has 2 heterocycles. The molecule has 1 fully saturated rings. The van der Waals surface area contributed by atoms with E-state index in [4.69, 9.17) is 0 Å². The Hall–Kier alpha value is -2.40. The van der Waals surface area contributed by atoms with Crippen molar-refractivity contribution in [3.05, 3.63) is 60.3 Å². The third kappa shape index (κ3) is 4.32. The van der Waals surface area contributed by atoms with Crippen LogP contribution in [0.4, 0.5) is 5.82 Å². The van der Waals surface area contributed by atoms with Gasteiger partial charge < -0.3 is 10.2 Å². The lowest BCUT2D eigenvalue weighted by atomic mass is 10.1. The average Bonchev–Trinajstić information content (AvgIpc) is 2.64. The molecule has 1 atom stereocenters. The van der Waals surface area contributed by atoms with Crippen LogP contribution in [0.1, 0.15) is 18.5 Å². The van der Waals surface area contributed by atoms with Gasteiger partial charge in [0.2, 0.25) is 5.91 Å². The van der Waals surface area contributed by atoms with Gasteiger partial charge in [0.05, 0.1) is 12.6 Å². The van der Waals surface area contributed by atoms with Crippen LogP contribution in [0, 0.1) is 0 Å². The second-order valence-corrected chi connectivity index (χ2v) is 6.15. The SMILES string of the molecule is C[C@@H](NC(=O)CN1CCN(c2ccccn2)CC1)c1ccccc1. The molecule has 1 aliphatic rings. The van der Waals surface area contributed by atoms with Crippen LogP contribution in [0.15, 0.2) is 54.7 Å². The molecule has 3 rings (SSSR count). The Morgan fingerprint density at radius 1 is 1.08 bits per heavy atom. The number of amides is 1. The van der Waals surface area contributed by atoms with E-state index in [2.05, 4.69) is 20.1 Å². The summed E-state index contributed by atoms with van der Waals surface area (Å²) in [6.45, 7) is 6.03. The summed E-state index contributed by atoms with van der Waals surface area (Å²) in [5.74, 6) is 1.09. The Morgan fingerprint density at radius 2 is 1.79 bits per heavy atom. The molecule has 0 spiro atoms. The number of piperazine rings is 1. The molecule has 1 saturated heterocycles. The van der Waals surface area contributed by atoms with Crippen molar-refractivity contribution in [2.75, 3.05) is 37.6 Å². The summed E-state index contributed by atoms with van der Waals surface area (Å²) >= 11 is 0. The number of rotatable bonds is 5. The van der Waals surface area contributed by atoms with Crippen LogP contribution in [0.3, 0.4) is 0 Å². The number of nitrogens with zero attached hydrogens (tertiary/aromatic N) is 3. The first-order valence-electron chi connectivity index (χ1n) is 8.45. The first-order valence-corrected chi connectivity index (χ1v) is 8.45. The van der Waals surface area contributed by atoms with Gasteiger partial charge >= 0.3 is 0 Å². The number of anilines is 1. The number of benzene rings is 1. The Morgan fingerprint density at radius 3 is 2.46 bits per heavy atom. The minimum Gasteiger partial charge on any atom is -0.354 e. The molecule has 5 heteroatoms. The summed E-state index contributed by atoms with van der Waals surface area (Å²) in [5, 5.41) is 3.08. The molecule has 1 N–H and O–H groups in total. The van der Waals surface area contributed by atoms with Gasteiger partial charge in [-0.25, -0.2) is 4.98 Å². The normalized spacial score (nSPS) is 16.6. The molecule has 1 aliphatic heterocycles. The molecule has 1 amide bonds. The van der Waals surface area contributed by atoms with Gasteiger partial charge in [-0.3, -0.25) is 9.69 Å². The summed E-state index contributed by atoms with van der Waals surface area (Å²) < 4.78 is 0. The lowest BCUT2D eigenvalue weighted by Gasteiger charge is -2.35. The lowest BCUT2D eigenvalue weighted by molar-refractivity contribution is -0.123. The van der Waals surface area contributed by atoms with E-state index < -0.39 is 0 Å². The minimum absolute atomic E-state index is 0.0357. The van der Waals surface area contributed by atoms with Gasteiger partial charge in [-0.05, 0) is 24.6 Å². The standard InChI is InChI=1S/C19H24N4O/c1-16(17-7-3-2-4-8-17)21-19(24)15-22-11-13-23(14-12-22)18-9-5-6-10-20-18/h2-10,16H,11-15H2,1H3,(H,21,24)/t16-/m1/s1. The van der Waals surface area contributed by atoms with Gasteiger partial charge in [-0.15, -0.1) is 0 Å². The molecule has 24 heavy (non-hydrogen) atoms. The van der Waals surface area contributed by atoms with Crippen LogP contribution in [0.25, 0.3) is 0 Å². The highest BCUT2D eigenvalue weighted by atomic mass is 16.2. The van der Waals surface area contributed by atoms with Gasteiger partial charge in [-0.1, -0.05) is 36.4 Å². The van der Waals surface area contributed by atoms with E-state index in [1.54, 1.807) is 0 Å². The van der Waals surface area contributed by atoms with Crippen molar-refractivity contribution in [2.24, 2.45) is 0 Å². The van der Waals surface area contributed by atoms with E-state index >= 15 is 0 Å². The van der Waals surface area contributed by atoms with Crippen molar-refractivity contribution in [3.8, 4) is 0 Å². The zero-order chi connectivity index (χ0) is 16.8. The lowest BCUT2D eigenvalue weighted by Crippen LogP contribution is -2.49. The van der Waals surface area contributed by atoms with Crippen molar-refractivity contribution < 1.29 is 4.79 Å². The zero-order valence-electron chi connectivity index (χ0n) is 14.1. The van der Waals surface area contributed by atoms with Crippen LogP contribution >= 0.6 is 0 Å². The van der Waals surface area contributed by atoms with Gasteiger partial charge in [0, 0.05) is 32.4 Å². The molecule has 1 aromatic heterocycles. The van der Waals surface area contributed by atoms with Gasteiger partial charge in [0.1, 0.15) is 5.82 Å². The maximum atomic E-state index is 12.3. The predicted octanol–water partition coefficient (Wildman–Crippen LogP) is 2.08. The van der Waals surface area contributed by atoms with Crippen LogP contribution < -0.4 is 10.2 Å². The van der Waals surface area contributed by atoms with Gasteiger partial charge in [0.25, 0.3) is 0 Å². The third-order valence-corrected chi connectivity index (χ3v) is 4.39. The molecule has 2 aromatic rings. The van der Waals surface area contributed by atoms with E-state index in [0.717, 1.165) is 37.6 Å². The minimum atomic E-state index is 0.0357. The largest absolute Gasteiger partial charge is 0.354 e. The highest BCUT2D eigenvalue weighted by molar-refractivity contribution is 5.78. The number of pyridine rings is 1. The third-order valence-electron chi connectivity index (χ3n) is 4.39. The fraction of sp³-hybridized carbons (Fsp3) is 0.368. The molecule has 126 valence electrons. The van der Waals surface area contributed by atoms with E-state index in [1.807, 2.05) is 61.7 Å². The Kier molecular flexibility index (Phi) is 5.43. The number of aromatic nitrogens is 1. The number of hydrogen-bond donors (Lipinski definition) is 1. The topological polar surface area (TPSA) is 48.5 Å². The van der Waals surface area contributed by atoms with E-state index in [9.17, 15) is 4.79 Å². The summed E-state index contributed by atoms with van der Waals surface area (Å²) in [6, 6.07) is 16.1. The average molecular weight is 324 g/mol. The van der Waals surface area contributed by atoms with E-state index in [-0.39, 0.29) is 11.9 Å². The van der Waals surface area contributed by atoms with Crippen molar-refractivity contribution in [3.63, 3.8) is 0 Å². The maximum Gasteiger partial charge on any atom is 0.234 e. The molecule has 1 aromatic carbocycles. The zero-order valence-corrected chi connectivity index (χ0v) is 14.1. The van der Waals surface area contributed by atoms with Crippen molar-refractivity contribution in [1.82, 2.24) is 15.2 Å². The number of hydrogen-bond acceptors (Lipinski definition) is 4. The van der Waals surface area contributed by atoms with Crippen LogP contribution in [-0.4, -0.2) is 48.5 Å². The molecule has 0 bridgehead atoms. The summed E-state index contributed by atoms with van der Waals surface area (Å²) in [6.07, 6.45) is 1.82. The predicted molar refractivity (Wildman–Crippen MR) is 95.9 cm³/mol. The highest BCUT2D eigenvalue weighted by Gasteiger charge is 2.20. The molecule has 0 unspecified atom stereocenters. The Labute approximate surface area is 143 Å². The van der Waals surface area contributed by atoms with Crippen LogP contribution in [0.2, 0.25) is 0 Å². The maximum absolute atomic E-state index is 12.3. The second-order valence-electron chi connectivity index (χ2n) is 6.15. The Bertz CT molecular complexity index is 639. The van der Waals surface area contributed by atoms with E-state index in [0.29, 0.717) is 6.54 Å². The number of carbonyl (C=O) groups is 1. The molecule has 0 radical (unpaired) electrons. The fourth-order valence-electron chi connectivity index (χ4n) is 2.99. The number of nitrogens with one attached hydrogen (secondary N) is 1. The molecule has 0 aliphatic carbocycles. The molecular weight excluding hydrogens is 300 g/mol. The summed E-state index contributed by atoms with van der Waals surface area (Å²) in [5.41, 5.74) is 1.13. The highest BCUT2D eigenvalue weighted by Crippen LogP contribution is 2.13. The van der Waals surface area contributed by atoms with Gasteiger partial charge in [-0.2, -0.15) is 0 Å². The number of carbonyl (C=O) groups excluding carboxylic acids is 1. The van der Waals surface area contributed by atoms with Gasteiger partial charge in [0.15, 0.2) is 0 Å². The van der Waals surface area contributed by atoms with Crippen molar-refractivity contribution in [2.45, 2.75) is 13.0 Å². The molecular formula is C19H24N4O. The van der Waals surface area contributed by atoms with Crippen LogP contribution in [0.5, 0.6) is 0 Å². The van der Waals surface area contributed by atoms with Crippen molar-refractivity contribution >= 4 is 11.7 Å². The summed E-state index contributed by atoms with van der Waals surface area (Å²) in [7, 11) is 0. The summed E-state index contributed by atoms with van der Waals surface area (Å²) in [4.78, 5) is 21.1. The first-order chi connectivity index (χ1) is 11.7. The van der Waals surface area contributed by atoms with Crippen molar-refractivity contribution in [1.29, 1.82) is 0 Å². The fourth-order valence-corrected chi connectivity index (χ4v) is 2.99. The monoisotopic (exact) mass is 324 g/mol. The molecule has 0 saturated carbocycles. The Balaban J connectivity index is 1.45. The smallest absolute Gasteiger partial charge is 0.234 e. The quantitative estimate of drug-likeness (QED) is 0.915. The second kappa shape index (κ2) is 7.93. The van der Waals surface area contributed by atoms with E-state index in [1.165, 1.54) is 0 Å². The van der Waals surface area contributed by atoms with Crippen LogP contribution in [-0.2, 0) is 4.79 Å². The first kappa shape index (κ1) is 16.5.